The number of rotatable bonds is 4. The van der Waals surface area contributed by atoms with Crippen LogP contribution in [0.5, 0.6) is 0 Å². The smallest absolute Gasteiger partial charge is 0.223 e. The van der Waals surface area contributed by atoms with Gasteiger partial charge in [-0.2, -0.15) is 0 Å². The first-order valence-electron chi connectivity index (χ1n) is 8.23. The number of imidazole rings is 1. The van der Waals surface area contributed by atoms with Crippen LogP contribution in [0.2, 0.25) is 0 Å². The monoisotopic (exact) mass is 302 g/mol. The molecule has 0 unspecified atom stereocenters. The van der Waals surface area contributed by atoms with Gasteiger partial charge in [-0.15, -0.1) is 6.58 Å². The van der Waals surface area contributed by atoms with Gasteiger partial charge in [-0.1, -0.05) is 6.08 Å². The van der Waals surface area contributed by atoms with Gasteiger partial charge in [0.2, 0.25) is 5.91 Å². The Morgan fingerprint density at radius 2 is 2.23 bits per heavy atom. The van der Waals surface area contributed by atoms with Gasteiger partial charge >= 0.3 is 0 Å². The Labute approximate surface area is 132 Å². The number of carbonyl (C=O) groups is 1. The summed E-state index contributed by atoms with van der Waals surface area (Å²) in [4.78, 5) is 21.0. The molecule has 0 aliphatic carbocycles. The largest absolute Gasteiger partial charge is 0.337 e. The number of hydrogen-bond acceptors (Lipinski definition) is 3. The zero-order valence-electron chi connectivity index (χ0n) is 13.5. The van der Waals surface area contributed by atoms with Crippen LogP contribution in [0.3, 0.4) is 0 Å². The highest BCUT2D eigenvalue weighted by atomic mass is 16.2. The summed E-state index contributed by atoms with van der Waals surface area (Å²) in [5.41, 5.74) is 1.33. The van der Waals surface area contributed by atoms with E-state index >= 15 is 0 Å². The molecule has 5 nitrogen and oxygen atoms in total. The molecule has 120 valence electrons. The molecular weight excluding hydrogens is 276 g/mol. The maximum absolute atomic E-state index is 12.2. The number of aromatic nitrogens is 2. The van der Waals surface area contributed by atoms with Crippen molar-refractivity contribution in [3.05, 3.63) is 30.9 Å². The van der Waals surface area contributed by atoms with E-state index in [2.05, 4.69) is 25.9 Å². The molecule has 0 N–H and O–H groups in total. The lowest BCUT2D eigenvalue weighted by Gasteiger charge is -2.37. The number of nitrogens with zero attached hydrogens (tertiary/aromatic N) is 4. The van der Waals surface area contributed by atoms with Crippen molar-refractivity contribution in [1.29, 1.82) is 0 Å². The minimum absolute atomic E-state index is 0.0759. The van der Waals surface area contributed by atoms with E-state index in [4.69, 9.17) is 0 Å². The van der Waals surface area contributed by atoms with E-state index in [1.165, 1.54) is 5.69 Å². The number of likely N-dealkylation sites (tertiary alicyclic amines) is 2. The predicted molar refractivity (Wildman–Crippen MR) is 86.2 cm³/mol. The lowest BCUT2D eigenvalue weighted by Crippen LogP contribution is -2.46. The summed E-state index contributed by atoms with van der Waals surface area (Å²) in [6.45, 7) is 7.61. The minimum Gasteiger partial charge on any atom is -0.337 e. The molecule has 2 saturated heterocycles. The third-order valence-corrected chi connectivity index (χ3v) is 5.30. The average molecular weight is 302 g/mol. The third-order valence-electron chi connectivity index (χ3n) is 5.30. The van der Waals surface area contributed by atoms with E-state index in [-0.39, 0.29) is 5.54 Å². The SMILES string of the molecule is C=CCN1C(=O)CC[C@@]12CCCN(Cc1cncn1C)CC2. The van der Waals surface area contributed by atoms with Gasteiger partial charge in [-0.3, -0.25) is 9.69 Å². The molecule has 1 atom stereocenters. The fourth-order valence-corrected chi connectivity index (χ4v) is 3.98. The van der Waals surface area contributed by atoms with Gasteiger partial charge in [-0.25, -0.2) is 4.98 Å². The lowest BCUT2D eigenvalue weighted by molar-refractivity contribution is -0.130. The van der Waals surface area contributed by atoms with Crippen LogP contribution < -0.4 is 0 Å². The molecule has 3 heterocycles. The average Bonchev–Trinajstić information content (AvgIpc) is 2.95. The second kappa shape index (κ2) is 6.24. The van der Waals surface area contributed by atoms with Crippen LogP contribution in [-0.4, -0.2) is 50.4 Å². The highest BCUT2D eigenvalue weighted by Gasteiger charge is 2.44. The number of hydrogen-bond donors (Lipinski definition) is 0. The van der Waals surface area contributed by atoms with Crippen LogP contribution >= 0.6 is 0 Å². The van der Waals surface area contributed by atoms with Crippen molar-refractivity contribution in [1.82, 2.24) is 19.4 Å². The van der Waals surface area contributed by atoms with Gasteiger partial charge in [0.05, 0.1) is 12.0 Å². The summed E-state index contributed by atoms with van der Waals surface area (Å²) < 4.78 is 2.09. The summed E-state index contributed by atoms with van der Waals surface area (Å²) in [6, 6.07) is 0. The Bertz CT molecular complexity index is 553. The van der Waals surface area contributed by atoms with Gasteiger partial charge in [0.15, 0.2) is 0 Å². The van der Waals surface area contributed by atoms with Gasteiger partial charge in [0.25, 0.3) is 0 Å². The molecule has 0 bridgehead atoms. The van der Waals surface area contributed by atoms with Gasteiger partial charge in [0, 0.05) is 44.8 Å². The van der Waals surface area contributed by atoms with E-state index in [9.17, 15) is 4.79 Å². The maximum atomic E-state index is 12.2. The third kappa shape index (κ3) is 2.82. The van der Waals surface area contributed by atoms with Crippen LogP contribution in [-0.2, 0) is 18.4 Å². The fourth-order valence-electron chi connectivity index (χ4n) is 3.98. The van der Waals surface area contributed by atoms with Crippen molar-refractivity contribution in [3.63, 3.8) is 0 Å². The summed E-state index contributed by atoms with van der Waals surface area (Å²) in [5, 5.41) is 0. The lowest BCUT2D eigenvalue weighted by atomic mass is 9.88. The Hall–Kier alpha value is -1.62. The molecule has 0 aromatic carbocycles. The van der Waals surface area contributed by atoms with Crippen LogP contribution in [0, 0.1) is 0 Å². The molecule has 0 saturated carbocycles. The Kier molecular flexibility index (Phi) is 4.34. The maximum Gasteiger partial charge on any atom is 0.223 e. The first-order valence-corrected chi connectivity index (χ1v) is 8.23. The van der Waals surface area contributed by atoms with Crippen molar-refractivity contribution in [2.45, 2.75) is 44.2 Å². The van der Waals surface area contributed by atoms with E-state index in [1.807, 2.05) is 25.6 Å². The van der Waals surface area contributed by atoms with E-state index in [1.54, 1.807) is 0 Å². The Balaban J connectivity index is 1.68. The van der Waals surface area contributed by atoms with Crippen molar-refractivity contribution in [2.24, 2.45) is 7.05 Å². The van der Waals surface area contributed by atoms with E-state index in [0.717, 1.165) is 45.3 Å². The number of amides is 1. The molecule has 1 aromatic heterocycles. The zero-order chi connectivity index (χ0) is 15.6. The topological polar surface area (TPSA) is 41.4 Å². The van der Waals surface area contributed by atoms with Gasteiger partial charge in [-0.05, 0) is 32.2 Å². The second-order valence-corrected chi connectivity index (χ2v) is 6.64. The Morgan fingerprint density at radius 1 is 1.36 bits per heavy atom. The minimum atomic E-state index is 0.0759. The summed E-state index contributed by atoms with van der Waals surface area (Å²) in [7, 11) is 2.04. The first kappa shape index (κ1) is 15.3. The fraction of sp³-hybridized carbons (Fsp3) is 0.647. The quantitative estimate of drug-likeness (QED) is 0.798. The molecule has 1 amide bonds. The van der Waals surface area contributed by atoms with Crippen molar-refractivity contribution < 1.29 is 4.79 Å². The highest BCUT2D eigenvalue weighted by Crippen LogP contribution is 2.39. The van der Waals surface area contributed by atoms with E-state index < -0.39 is 0 Å². The molecule has 5 heteroatoms. The normalized spacial score (nSPS) is 26.6. The molecule has 3 rings (SSSR count). The van der Waals surface area contributed by atoms with Crippen molar-refractivity contribution >= 4 is 5.91 Å². The molecule has 22 heavy (non-hydrogen) atoms. The number of carbonyl (C=O) groups excluding carboxylic acids is 1. The standard InChI is InChI=1S/C17H26N4O/c1-3-9-21-16(22)5-7-17(21)6-4-10-20(11-8-17)13-15-12-18-14-19(15)2/h3,12,14H,1,4-11,13H2,2H3/t17-/m1/s1. The van der Waals surface area contributed by atoms with Crippen LogP contribution in [0.4, 0.5) is 0 Å². The first-order chi connectivity index (χ1) is 10.6. The Morgan fingerprint density at radius 3 is 2.95 bits per heavy atom. The molecule has 0 radical (unpaired) electrons. The molecule has 2 aliphatic rings. The predicted octanol–water partition coefficient (Wildman–Crippen LogP) is 1.95. The van der Waals surface area contributed by atoms with E-state index in [0.29, 0.717) is 18.9 Å². The second-order valence-electron chi connectivity index (χ2n) is 6.64. The van der Waals surface area contributed by atoms with Gasteiger partial charge < -0.3 is 9.47 Å². The van der Waals surface area contributed by atoms with Crippen molar-refractivity contribution in [3.8, 4) is 0 Å². The summed E-state index contributed by atoms with van der Waals surface area (Å²) >= 11 is 0. The van der Waals surface area contributed by atoms with Gasteiger partial charge in [0.1, 0.15) is 0 Å². The van der Waals surface area contributed by atoms with Crippen LogP contribution in [0.25, 0.3) is 0 Å². The van der Waals surface area contributed by atoms with Crippen LogP contribution in [0.1, 0.15) is 37.8 Å². The molecule has 1 aromatic rings. The molecule has 1 spiro atoms. The molecule has 2 aliphatic heterocycles. The summed E-state index contributed by atoms with van der Waals surface area (Å²) in [6.07, 6.45) is 10.7. The summed E-state index contributed by atoms with van der Waals surface area (Å²) in [5.74, 6) is 0.306. The zero-order valence-corrected chi connectivity index (χ0v) is 13.5. The van der Waals surface area contributed by atoms with Crippen LogP contribution in [0.15, 0.2) is 25.2 Å². The molecule has 2 fully saturated rings. The number of aryl methyl sites for hydroxylation is 1. The van der Waals surface area contributed by atoms with Crippen molar-refractivity contribution in [2.75, 3.05) is 19.6 Å². The highest BCUT2D eigenvalue weighted by molar-refractivity contribution is 5.79. The molecular formula is C17H26N4O.